The van der Waals surface area contributed by atoms with E-state index in [1.807, 2.05) is 13.0 Å². The molecule has 0 amide bonds. The predicted molar refractivity (Wildman–Crippen MR) is 111 cm³/mol. The summed E-state index contributed by atoms with van der Waals surface area (Å²) in [5.41, 5.74) is 1.50. The van der Waals surface area contributed by atoms with Crippen molar-refractivity contribution in [3.8, 4) is 5.75 Å². The van der Waals surface area contributed by atoms with E-state index >= 15 is 0 Å². The topological polar surface area (TPSA) is 134 Å². The molecule has 2 saturated carbocycles. The van der Waals surface area contributed by atoms with Crippen LogP contribution in [0.4, 0.5) is 0 Å². The van der Waals surface area contributed by atoms with Crippen molar-refractivity contribution in [2.24, 2.45) is 11.3 Å². The number of hydrogen-bond donors (Lipinski definition) is 4. The third kappa shape index (κ3) is 3.20. The summed E-state index contributed by atoms with van der Waals surface area (Å²) in [4.78, 5) is 24.2. The van der Waals surface area contributed by atoms with Crippen LogP contribution in [0, 0.1) is 11.3 Å². The number of aliphatic hydroxyl groups is 3. The van der Waals surface area contributed by atoms with Gasteiger partial charge in [0.1, 0.15) is 29.8 Å². The van der Waals surface area contributed by atoms with Gasteiger partial charge in [-0.1, -0.05) is 24.6 Å². The largest absolute Gasteiger partial charge is 0.479 e. The number of aliphatic hydroxyl groups excluding tert-OH is 3. The van der Waals surface area contributed by atoms with E-state index in [1.54, 1.807) is 6.07 Å². The van der Waals surface area contributed by atoms with Crippen molar-refractivity contribution in [3.05, 3.63) is 40.9 Å². The Bertz CT molecular complexity index is 1170. The number of carboxylic acid groups (broad SMARTS) is 1. The SMILES string of the molecule is [2H]c1cc2c(c([2H])c1O[C@@H]1O[C@H](C(=O)O)[C@@H](O)[C@H](O)[C@H]1O)CC=C1[C@@H]2CC[C@]2(C)C(=O)C([2H])([2H])C[C@@H]12. The Hall–Kier alpha value is -2.26. The zero-order valence-corrected chi connectivity index (χ0v) is 17.4. The van der Waals surface area contributed by atoms with E-state index in [0.29, 0.717) is 24.8 Å². The number of aliphatic carboxylic acids is 1. The van der Waals surface area contributed by atoms with Crippen LogP contribution < -0.4 is 4.74 Å². The van der Waals surface area contributed by atoms with Gasteiger partial charge in [-0.2, -0.15) is 0 Å². The molecule has 172 valence electrons. The highest BCUT2D eigenvalue weighted by atomic mass is 16.7. The van der Waals surface area contributed by atoms with Crippen LogP contribution in [-0.2, 0) is 20.7 Å². The number of benzene rings is 1. The molecule has 3 aliphatic carbocycles. The fraction of sp³-hybridized carbons (Fsp3) is 0.583. The Morgan fingerprint density at radius 3 is 2.81 bits per heavy atom. The molecule has 0 radical (unpaired) electrons. The molecular weight excluding hydrogens is 416 g/mol. The minimum atomic E-state index is -1.89. The second-order valence-corrected chi connectivity index (χ2v) is 9.21. The Balaban J connectivity index is 1.46. The standard InChI is InChI=1S/C24H28O8/c1-24-9-8-14-13-5-3-12(10-11(13)2-4-15(14)16(24)6-7-17(24)25)31-23-20(28)18(26)19(27)21(32-23)22(29)30/h3-5,10,14,16,18-21,23,26-28H,2,6-9H2,1H3,(H,29,30)/t14-,16+,18+,19+,20-,21+,23-,24+/m1/s1/i3D,7D2,10D. The number of carbonyl (C=O) groups is 2. The summed E-state index contributed by atoms with van der Waals surface area (Å²) in [6.07, 6.45) is -7.66. The number of hydrogen-bond acceptors (Lipinski definition) is 7. The molecule has 4 aliphatic rings. The lowest BCUT2D eigenvalue weighted by atomic mass is 9.60. The molecule has 0 bridgehead atoms. The van der Waals surface area contributed by atoms with Crippen molar-refractivity contribution in [1.29, 1.82) is 0 Å². The Morgan fingerprint density at radius 2 is 2.06 bits per heavy atom. The van der Waals surface area contributed by atoms with Gasteiger partial charge in [-0.05, 0) is 54.8 Å². The molecule has 0 unspecified atom stereocenters. The first-order chi connectivity index (χ1) is 16.8. The van der Waals surface area contributed by atoms with Crippen molar-refractivity contribution in [1.82, 2.24) is 0 Å². The Kier molecular flexibility index (Phi) is 4.13. The molecule has 1 aromatic carbocycles. The smallest absolute Gasteiger partial charge is 0.335 e. The zero-order chi connectivity index (χ0) is 26.3. The average molecular weight is 449 g/mol. The minimum Gasteiger partial charge on any atom is -0.479 e. The van der Waals surface area contributed by atoms with Gasteiger partial charge in [0.05, 0.1) is 2.74 Å². The van der Waals surface area contributed by atoms with Crippen LogP contribution in [0.5, 0.6) is 5.75 Å². The quantitative estimate of drug-likeness (QED) is 0.509. The molecule has 8 nitrogen and oxygen atoms in total. The van der Waals surface area contributed by atoms with E-state index in [9.17, 15) is 30.0 Å². The molecule has 1 saturated heterocycles. The highest BCUT2D eigenvalue weighted by Gasteiger charge is 2.52. The van der Waals surface area contributed by atoms with Gasteiger partial charge in [0.25, 0.3) is 0 Å². The summed E-state index contributed by atoms with van der Waals surface area (Å²) in [6.45, 7) is 1.82. The fourth-order valence-electron chi connectivity index (χ4n) is 5.53. The molecule has 0 aromatic heterocycles. The van der Waals surface area contributed by atoms with E-state index < -0.39 is 48.5 Å². The van der Waals surface area contributed by atoms with Crippen molar-refractivity contribution in [3.63, 3.8) is 0 Å². The van der Waals surface area contributed by atoms with E-state index in [1.165, 1.54) is 0 Å². The van der Waals surface area contributed by atoms with Gasteiger partial charge in [0.15, 0.2) is 6.10 Å². The third-order valence-electron chi connectivity index (χ3n) is 7.45. The first-order valence-electron chi connectivity index (χ1n) is 12.7. The second-order valence-electron chi connectivity index (χ2n) is 9.21. The minimum absolute atomic E-state index is 0.110. The van der Waals surface area contributed by atoms with Crippen molar-refractivity contribution >= 4 is 11.8 Å². The van der Waals surface area contributed by atoms with Crippen LogP contribution in [0.2, 0.25) is 0 Å². The van der Waals surface area contributed by atoms with Crippen molar-refractivity contribution in [2.45, 2.75) is 75.6 Å². The maximum absolute atomic E-state index is 12.8. The number of Topliss-reactive ketones (excluding diaryl/α,β-unsaturated/α-hetero) is 1. The van der Waals surface area contributed by atoms with Crippen LogP contribution in [0.15, 0.2) is 29.8 Å². The van der Waals surface area contributed by atoms with E-state index in [4.69, 9.17) is 15.0 Å². The lowest BCUT2D eigenvalue weighted by Crippen LogP contribution is -2.61. The fourth-order valence-corrected chi connectivity index (χ4v) is 5.53. The molecule has 1 aromatic rings. The number of allylic oxidation sites excluding steroid dienone is 2. The molecule has 1 heterocycles. The highest BCUT2D eigenvalue weighted by molar-refractivity contribution is 5.88. The Labute approximate surface area is 191 Å². The molecule has 8 heteroatoms. The molecule has 3 fully saturated rings. The summed E-state index contributed by atoms with van der Waals surface area (Å²) in [7, 11) is 0. The van der Waals surface area contributed by atoms with Gasteiger partial charge in [-0.3, -0.25) is 4.79 Å². The highest BCUT2D eigenvalue weighted by Crippen LogP contribution is 2.58. The van der Waals surface area contributed by atoms with Crippen molar-refractivity contribution < 1.29 is 45.0 Å². The van der Waals surface area contributed by atoms with E-state index in [0.717, 1.165) is 11.1 Å². The zero-order valence-electron chi connectivity index (χ0n) is 21.4. The average Bonchev–Trinajstić information content (AvgIpc) is 3.00. The molecule has 4 N–H and O–H groups in total. The molecular formula is C24H28O8. The van der Waals surface area contributed by atoms with Gasteiger partial charge < -0.3 is 29.9 Å². The summed E-state index contributed by atoms with van der Waals surface area (Å²) in [5, 5.41) is 39.4. The maximum atomic E-state index is 12.8. The predicted octanol–water partition coefficient (Wildman–Crippen LogP) is 1.30. The monoisotopic (exact) mass is 448 g/mol. The first kappa shape index (κ1) is 17.2. The lowest BCUT2D eigenvalue weighted by Gasteiger charge is -2.43. The van der Waals surface area contributed by atoms with Crippen LogP contribution in [0.1, 0.15) is 55.1 Å². The normalized spacial score (nSPS) is 44.1. The Morgan fingerprint density at radius 1 is 1.28 bits per heavy atom. The van der Waals surface area contributed by atoms with Gasteiger partial charge in [0, 0.05) is 20.4 Å². The number of ether oxygens (including phenoxy) is 2. The van der Waals surface area contributed by atoms with Crippen LogP contribution in [0.25, 0.3) is 0 Å². The van der Waals surface area contributed by atoms with Gasteiger partial charge in [-0.15, -0.1) is 0 Å². The molecule has 5 rings (SSSR count). The van der Waals surface area contributed by atoms with Crippen LogP contribution in [0.3, 0.4) is 0 Å². The third-order valence-corrected chi connectivity index (χ3v) is 7.45. The number of carboxylic acids is 1. The number of carbonyl (C=O) groups excluding carboxylic acids is 1. The van der Waals surface area contributed by atoms with E-state index in [2.05, 4.69) is 0 Å². The van der Waals surface area contributed by atoms with Crippen molar-refractivity contribution in [2.75, 3.05) is 0 Å². The van der Waals surface area contributed by atoms with Crippen LogP contribution in [-0.4, -0.2) is 62.9 Å². The summed E-state index contributed by atoms with van der Waals surface area (Å²) < 4.78 is 44.3. The first-order valence-corrected chi connectivity index (χ1v) is 10.7. The van der Waals surface area contributed by atoms with Gasteiger partial charge in [0.2, 0.25) is 6.29 Å². The summed E-state index contributed by atoms with van der Waals surface area (Å²) in [5.74, 6) is -2.61. The molecule has 0 spiro atoms. The molecule has 1 aliphatic heterocycles. The van der Waals surface area contributed by atoms with E-state index in [-0.39, 0.29) is 41.9 Å². The lowest BCUT2D eigenvalue weighted by molar-refractivity contribution is -0.271. The van der Waals surface area contributed by atoms with Gasteiger partial charge >= 0.3 is 5.97 Å². The summed E-state index contributed by atoms with van der Waals surface area (Å²) >= 11 is 0. The number of rotatable bonds is 3. The number of fused-ring (bicyclic) bond motifs is 5. The van der Waals surface area contributed by atoms with Crippen LogP contribution >= 0.6 is 0 Å². The maximum Gasteiger partial charge on any atom is 0.335 e. The van der Waals surface area contributed by atoms with Gasteiger partial charge in [-0.25, -0.2) is 4.79 Å². The molecule has 8 atom stereocenters. The number of ketones is 1. The second kappa shape index (κ2) is 7.66. The molecule has 32 heavy (non-hydrogen) atoms. The summed E-state index contributed by atoms with van der Waals surface area (Å²) in [6, 6.07) is 1.21.